The minimum Gasteiger partial charge on any atom is -0.397 e. The minimum atomic E-state index is -0.0846. The second-order valence-electron chi connectivity index (χ2n) is 5.18. The van der Waals surface area contributed by atoms with Crippen LogP contribution in [0, 0.1) is 6.92 Å². The number of nitrogens with one attached hydrogen (secondary N) is 1. The molecule has 3 rings (SSSR count). The summed E-state index contributed by atoms with van der Waals surface area (Å²) in [7, 11) is 0. The minimum absolute atomic E-state index is 0.0846. The first-order valence-corrected chi connectivity index (χ1v) is 7.64. The number of hydrogen-bond acceptors (Lipinski definition) is 4. The van der Waals surface area contributed by atoms with Crippen molar-refractivity contribution in [2.75, 3.05) is 18.9 Å². The number of aryl methyl sites for hydroxylation is 1. The third kappa shape index (κ3) is 2.39. The number of hydrogen-bond donors (Lipinski definition) is 2. The van der Waals surface area contributed by atoms with Crippen LogP contribution < -0.4 is 11.1 Å². The molecule has 20 heavy (non-hydrogen) atoms. The lowest BCUT2D eigenvalue weighted by molar-refractivity contribution is 0.0626. The number of carbonyl (C=O) groups is 1. The van der Waals surface area contributed by atoms with Gasteiger partial charge in [0.1, 0.15) is 4.88 Å². The van der Waals surface area contributed by atoms with E-state index < -0.39 is 0 Å². The summed E-state index contributed by atoms with van der Waals surface area (Å²) in [6.45, 7) is 3.42. The molecule has 3 N–H and O–H groups in total. The van der Waals surface area contributed by atoms with Gasteiger partial charge in [-0.1, -0.05) is 18.2 Å². The lowest BCUT2D eigenvalue weighted by Crippen LogP contribution is -2.40. The van der Waals surface area contributed by atoms with Crippen LogP contribution in [-0.4, -0.2) is 25.2 Å². The molecule has 1 unspecified atom stereocenters. The zero-order valence-corrected chi connectivity index (χ0v) is 12.3. The van der Waals surface area contributed by atoms with Gasteiger partial charge in [0.15, 0.2) is 0 Å². The number of carbonyl (C=O) groups excluding carboxylic acids is 1. The molecular weight excluding hydrogens is 272 g/mol. The van der Waals surface area contributed by atoms with Gasteiger partial charge in [0, 0.05) is 16.7 Å². The van der Waals surface area contributed by atoms with Crippen molar-refractivity contribution in [2.24, 2.45) is 0 Å². The van der Waals surface area contributed by atoms with E-state index in [1.165, 1.54) is 11.3 Å². The molecule has 1 amide bonds. The SMILES string of the molecule is Cc1cccc2c(N)c(C(=O)NC3CCCOC3)sc12. The number of nitrogen functional groups attached to an aromatic ring is 1. The van der Waals surface area contributed by atoms with Crippen LogP contribution in [0.4, 0.5) is 5.69 Å². The number of rotatable bonds is 2. The molecule has 1 fully saturated rings. The first kappa shape index (κ1) is 13.4. The Labute approximate surface area is 121 Å². The highest BCUT2D eigenvalue weighted by Crippen LogP contribution is 2.35. The van der Waals surface area contributed by atoms with Crippen LogP contribution in [0.2, 0.25) is 0 Å². The summed E-state index contributed by atoms with van der Waals surface area (Å²) in [5, 5.41) is 4.00. The molecular formula is C15H18N2O2S. The van der Waals surface area contributed by atoms with Crippen molar-refractivity contribution in [3.05, 3.63) is 28.6 Å². The maximum atomic E-state index is 12.4. The molecule has 0 saturated carbocycles. The lowest BCUT2D eigenvalue weighted by atomic mass is 10.1. The predicted molar refractivity (Wildman–Crippen MR) is 82.3 cm³/mol. The summed E-state index contributed by atoms with van der Waals surface area (Å²) in [5.41, 5.74) is 7.87. The number of thiophene rings is 1. The molecule has 5 heteroatoms. The Balaban J connectivity index is 1.87. The predicted octanol–water partition coefficient (Wildman–Crippen LogP) is 2.70. The number of nitrogens with two attached hydrogens (primary N) is 1. The molecule has 1 aromatic carbocycles. The largest absolute Gasteiger partial charge is 0.397 e. The van der Waals surface area contributed by atoms with Crippen molar-refractivity contribution in [3.8, 4) is 0 Å². The van der Waals surface area contributed by atoms with Gasteiger partial charge in [-0.25, -0.2) is 0 Å². The van der Waals surface area contributed by atoms with Crippen molar-refractivity contribution >= 4 is 33.0 Å². The Hall–Kier alpha value is -1.59. The monoisotopic (exact) mass is 290 g/mol. The van der Waals surface area contributed by atoms with Crippen LogP contribution in [0.1, 0.15) is 28.1 Å². The summed E-state index contributed by atoms with van der Waals surface area (Å²) in [6, 6.07) is 6.07. The van der Waals surface area contributed by atoms with Gasteiger partial charge in [-0.05, 0) is 25.3 Å². The first-order valence-electron chi connectivity index (χ1n) is 6.83. The van der Waals surface area contributed by atoms with E-state index in [2.05, 4.69) is 5.32 Å². The molecule has 2 heterocycles. The Kier molecular flexibility index (Phi) is 3.63. The molecule has 0 radical (unpaired) electrons. The smallest absolute Gasteiger partial charge is 0.263 e. The van der Waals surface area contributed by atoms with Crippen molar-refractivity contribution in [3.63, 3.8) is 0 Å². The van der Waals surface area contributed by atoms with Gasteiger partial charge in [0.05, 0.1) is 18.3 Å². The Morgan fingerprint density at radius 3 is 3.05 bits per heavy atom. The summed E-state index contributed by atoms with van der Waals surface area (Å²) >= 11 is 1.47. The topological polar surface area (TPSA) is 64.4 Å². The average molecular weight is 290 g/mol. The Bertz CT molecular complexity index is 645. The number of amides is 1. The standard InChI is InChI=1S/C15H18N2O2S/c1-9-4-2-6-11-12(16)14(20-13(9)11)15(18)17-10-5-3-7-19-8-10/h2,4,6,10H,3,5,7-8,16H2,1H3,(H,17,18). The van der Waals surface area contributed by atoms with Gasteiger partial charge < -0.3 is 15.8 Å². The van der Waals surface area contributed by atoms with Crippen molar-refractivity contribution in [2.45, 2.75) is 25.8 Å². The summed E-state index contributed by atoms with van der Waals surface area (Å²) < 4.78 is 6.48. The lowest BCUT2D eigenvalue weighted by Gasteiger charge is -2.22. The molecule has 1 aromatic heterocycles. The second-order valence-corrected chi connectivity index (χ2v) is 6.20. The molecule has 1 aliphatic heterocycles. The third-order valence-electron chi connectivity index (χ3n) is 3.65. The fourth-order valence-electron chi connectivity index (χ4n) is 2.55. The molecule has 4 nitrogen and oxygen atoms in total. The van der Waals surface area contributed by atoms with Crippen LogP contribution in [0.5, 0.6) is 0 Å². The molecule has 2 aromatic rings. The summed E-state index contributed by atoms with van der Waals surface area (Å²) in [6.07, 6.45) is 1.96. The van der Waals surface area contributed by atoms with Gasteiger partial charge in [-0.3, -0.25) is 4.79 Å². The van der Waals surface area contributed by atoms with Gasteiger partial charge >= 0.3 is 0 Å². The molecule has 0 spiro atoms. The van der Waals surface area contributed by atoms with E-state index in [1.54, 1.807) is 0 Å². The first-order chi connectivity index (χ1) is 9.66. The van der Waals surface area contributed by atoms with Crippen LogP contribution in [-0.2, 0) is 4.74 Å². The van der Waals surface area contributed by atoms with Crippen molar-refractivity contribution in [1.29, 1.82) is 0 Å². The maximum absolute atomic E-state index is 12.4. The molecule has 1 atom stereocenters. The van der Waals surface area contributed by atoms with E-state index in [1.807, 2.05) is 25.1 Å². The van der Waals surface area contributed by atoms with Gasteiger partial charge in [-0.2, -0.15) is 0 Å². The fraction of sp³-hybridized carbons (Fsp3) is 0.400. The molecule has 1 saturated heterocycles. The summed E-state index contributed by atoms with van der Waals surface area (Å²) in [5.74, 6) is -0.0846. The molecule has 1 aliphatic rings. The van der Waals surface area contributed by atoms with E-state index in [0.29, 0.717) is 17.2 Å². The van der Waals surface area contributed by atoms with Crippen LogP contribution in [0.25, 0.3) is 10.1 Å². The van der Waals surface area contributed by atoms with Crippen molar-refractivity contribution in [1.82, 2.24) is 5.32 Å². The highest BCUT2D eigenvalue weighted by atomic mass is 32.1. The van der Waals surface area contributed by atoms with Crippen LogP contribution >= 0.6 is 11.3 Å². The normalized spacial score (nSPS) is 19.1. The van der Waals surface area contributed by atoms with E-state index in [-0.39, 0.29) is 11.9 Å². The van der Waals surface area contributed by atoms with Gasteiger partial charge in [0.2, 0.25) is 0 Å². The van der Waals surface area contributed by atoms with Gasteiger partial charge in [0.25, 0.3) is 5.91 Å². The highest BCUT2D eigenvalue weighted by Gasteiger charge is 2.21. The zero-order valence-electron chi connectivity index (χ0n) is 11.4. The number of ether oxygens (including phenoxy) is 1. The number of fused-ring (bicyclic) bond motifs is 1. The van der Waals surface area contributed by atoms with E-state index in [4.69, 9.17) is 10.5 Å². The third-order valence-corrected chi connectivity index (χ3v) is 5.01. The van der Waals surface area contributed by atoms with Crippen LogP contribution in [0.15, 0.2) is 18.2 Å². The van der Waals surface area contributed by atoms with E-state index in [0.717, 1.165) is 35.1 Å². The van der Waals surface area contributed by atoms with Crippen molar-refractivity contribution < 1.29 is 9.53 Å². The molecule has 0 bridgehead atoms. The van der Waals surface area contributed by atoms with E-state index in [9.17, 15) is 4.79 Å². The van der Waals surface area contributed by atoms with Gasteiger partial charge in [-0.15, -0.1) is 11.3 Å². The average Bonchev–Trinajstić information content (AvgIpc) is 2.79. The quantitative estimate of drug-likeness (QED) is 0.894. The Morgan fingerprint density at radius 2 is 2.35 bits per heavy atom. The Morgan fingerprint density at radius 1 is 1.50 bits per heavy atom. The maximum Gasteiger partial charge on any atom is 0.263 e. The highest BCUT2D eigenvalue weighted by molar-refractivity contribution is 7.21. The second kappa shape index (κ2) is 5.42. The molecule has 106 valence electrons. The zero-order chi connectivity index (χ0) is 14.1. The fourth-order valence-corrected chi connectivity index (χ4v) is 3.65. The number of anilines is 1. The summed E-state index contributed by atoms with van der Waals surface area (Å²) in [4.78, 5) is 13.0. The van der Waals surface area contributed by atoms with Crippen LogP contribution in [0.3, 0.4) is 0 Å². The van der Waals surface area contributed by atoms with E-state index >= 15 is 0 Å². The molecule has 0 aliphatic carbocycles. The number of benzene rings is 1.